The van der Waals surface area contributed by atoms with E-state index in [1.54, 1.807) is 4.90 Å². The molecule has 1 amide bonds. The van der Waals surface area contributed by atoms with E-state index < -0.39 is 0 Å². The number of amides is 1. The van der Waals surface area contributed by atoms with Crippen LogP contribution in [0.3, 0.4) is 0 Å². The number of ether oxygens (including phenoxy) is 1. The van der Waals surface area contributed by atoms with E-state index in [-0.39, 0.29) is 24.0 Å². The summed E-state index contributed by atoms with van der Waals surface area (Å²) in [7, 11) is 0. The maximum Gasteiger partial charge on any atom is 0.410 e. The lowest BCUT2D eigenvalue weighted by molar-refractivity contribution is -0.117. The molecule has 0 aromatic rings. The Kier molecular flexibility index (Phi) is 6.68. The first-order valence-electron chi connectivity index (χ1n) is 6.63. The summed E-state index contributed by atoms with van der Waals surface area (Å²) in [5.74, 6) is 0.142. The summed E-state index contributed by atoms with van der Waals surface area (Å²) in [5.41, 5.74) is 0. The number of Topliss-reactive ketones (excluding diaryl/α,β-unsaturated/α-hetero) is 1. The summed E-state index contributed by atoms with van der Waals surface area (Å²) in [6, 6.07) is 0.0142. The molecule has 18 heavy (non-hydrogen) atoms. The van der Waals surface area contributed by atoms with E-state index in [1.165, 1.54) is 0 Å². The van der Waals surface area contributed by atoms with E-state index in [0.29, 0.717) is 18.3 Å². The van der Waals surface area contributed by atoms with Crippen LogP contribution < -0.4 is 0 Å². The van der Waals surface area contributed by atoms with Crippen LogP contribution >= 0.6 is 15.9 Å². The second kappa shape index (κ2) is 7.77. The molecule has 1 fully saturated rings. The molecule has 1 aliphatic rings. The average molecular weight is 320 g/mol. The van der Waals surface area contributed by atoms with Crippen molar-refractivity contribution in [2.45, 2.75) is 58.1 Å². The second-order valence-corrected chi connectivity index (χ2v) is 5.38. The van der Waals surface area contributed by atoms with Gasteiger partial charge in [-0.15, -0.1) is 0 Å². The van der Waals surface area contributed by atoms with Crippen LogP contribution in [0.25, 0.3) is 0 Å². The van der Waals surface area contributed by atoms with Gasteiger partial charge in [-0.25, -0.2) is 4.79 Å². The van der Waals surface area contributed by atoms with Crippen molar-refractivity contribution in [1.29, 1.82) is 0 Å². The van der Waals surface area contributed by atoms with Crippen molar-refractivity contribution >= 4 is 27.8 Å². The van der Waals surface area contributed by atoms with Gasteiger partial charge in [-0.05, 0) is 32.6 Å². The summed E-state index contributed by atoms with van der Waals surface area (Å²) in [6.07, 6.45) is 3.88. The van der Waals surface area contributed by atoms with Crippen LogP contribution in [0.15, 0.2) is 0 Å². The highest BCUT2D eigenvalue weighted by Crippen LogP contribution is 2.21. The average Bonchev–Trinajstić information content (AvgIpc) is 2.38. The van der Waals surface area contributed by atoms with Crippen molar-refractivity contribution in [3.8, 4) is 0 Å². The minimum atomic E-state index is -0.267. The van der Waals surface area contributed by atoms with Crippen molar-refractivity contribution in [3.05, 3.63) is 0 Å². The predicted molar refractivity (Wildman–Crippen MR) is 74.0 cm³/mol. The second-order valence-electron chi connectivity index (χ2n) is 4.82. The molecule has 0 spiro atoms. The Morgan fingerprint density at radius 1 is 1.44 bits per heavy atom. The number of halogens is 1. The van der Waals surface area contributed by atoms with Crippen LogP contribution in [-0.2, 0) is 9.53 Å². The number of likely N-dealkylation sites (tertiary alicyclic amines) is 1. The number of hydrogen-bond donors (Lipinski definition) is 0. The van der Waals surface area contributed by atoms with E-state index >= 15 is 0 Å². The smallest absolute Gasteiger partial charge is 0.410 e. The van der Waals surface area contributed by atoms with Crippen LogP contribution in [-0.4, -0.2) is 40.8 Å². The van der Waals surface area contributed by atoms with Gasteiger partial charge in [0.05, 0.1) is 5.33 Å². The van der Waals surface area contributed by atoms with Gasteiger partial charge < -0.3 is 9.64 Å². The van der Waals surface area contributed by atoms with Gasteiger partial charge in [-0.1, -0.05) is 22.9 Å². The number of piperidine rings is 1. The first-order valence-corrected chi connectivity index (χ1v) is 7.75. The Morgan fingerprint density at radius 3 is 2.78 bits per heavy atom. The lowest BCUT2D eigenvalue weighted by Gasteiger charge is -2.35. The Hall–Kier alpha value is -0.580. The number of alkyl halides is 1. The summed E-state index contributed by atoms with van der Waals surface area (Å²) >= 11 is 3.17. The van der Waals surface area contributed by atoms with Gasteiger partial charge in [0, 0.05) is 19.0 Å². The molecule has 0 aliphatic carbocycles. The molecular formula is C13H22BrNO3. The highest BCUT2D eigenvalue weighted by Gasteiger charge is 2.29. The van der Waals surface area contributed by atoms with Gasteiger partial charge in [0.15, 0.2) is 0 Å². The SMILES string of the molecule is CCC(C)OC(=O)N1CCCC[C@H]1CC(=O)CBr. The topological polar surface area (TPSA) is 46.6 Å². The number of ketones is 1. The number of carbonyl (C=O) groups excluding carboxylic acids is 2. The lowest BCUT2D eigenvalue weighted by atomic mass is 9.98. The molecule has 1 rings (SSSR count). The van der Waals surface area contributed by atoms with E-state index in [1.807, 2.05) is 13.8 Å². The van der Waals surface area contributed by atoms with Gasteiger partial charge in [0.25, 0.3) is 0 Å². The van der Waals surface area contributed by atoms with E-state index in [0.717, 1.165) is 25.7 Å². The van der Waals surface area contributed by atoms with E-state index in [9.17, 15) is 9.59 Å². The van der Waals surface area contributed by atoms with Crippen molar-refractivity contribution in [1.82, 2.24) is 4.90 Å². The fourth-order valence-electron chi connectivity index (χ4n) is 2.09. The number of rotatable bonds is 5. The van der Waals surface area contributed by atoms with Gasteiger partial charge in [-0.3, -0.25) is 4.79 Å². The van der Waals surface area contributed by atoms with Gasteiger partial charge >= 0.3 is 6.09 Å². The minimum absolute atomic E-state index is 0.0142. The van der Waals surface area contributed by atoms with Crippen LogP contribution in [0.4, 0.5) is 4.79 Å². The predicted octanol–water partition coefficient (Wildman–Crippen LogP) is 3.13. The zero-order chi connectivity index (χ0) is 13.5. The molecule has 0 N–H and O–H groups in total. The third-order valence-corrected chi connectivity index (χ3v) is 3.98. The number of hydrogen-bond acceptors (Lipinski definition) is 3. The Labute approximate surface area is 117 Å². The number of carbonyl (C=O) groups is 2. The van der Waals surface area contributed by atoms with E-state index in [2.05, 4.69) is 15.9 Å². The van der Waals surface area contributed by atoms with Crippen LogP contribution in [0.2, 0.25) is 0 Å². The molecule has 0 bridgehead atoms. The third kappa shape index (κ3) is 4.59. The number of nitrogens with zero attached hydrogens (tertiary/aromatic N) is 1. The molecule has 0 saturated carbocycles. The normalized spacial score (nSPS) is 21.5. The standard InChI is InChI=1S/C13H22BrNO3/c1-3-10(2)18-13(17)15-7-5-4-6-11(15)8-12(16)9-14/h10-11H,3-9H2,1-2H3/t10?,11-/m0/s1. The molecule has 0 radical (unpaired) electrons. The molecule has 104 valence electrons. The minimum Gasteiger partial charge on any atom is -0.446 e. The van der Waals surface area contributed by atoms with E-state index in [4.69, 9.17) is 4.74 Å². The molecule has 0 aromatic heterocycles. The Morgan fingerprint density at radius 2 is 2.17 bits per heavy atom. The van der Waals surface area contributed by atoms with Crippen LogP contribution in [0.5, 0.6) is 0 Å². The fraction of sp³-hybridized carbons (Fsp3) is 0.846. The molecule has 2 atom stereocenters. The fourth-order valence-corrected chi connectivity index (χ4v) is 2.32. The van der Waals surface area contributed by atoms with Crippen LogP contribution in [0.1, 0.15) is 46.0 Å². The quantitative estimate of drug-likeness (QED) is 0.731. The first-order chi connectivity index (χ1) is 8.58. The van der Waals surface area contributed by atoms with Crippen molar-refractivity contribution in [3.63, 3.8) is 0 Å². The van der Waals surface area contributed by atoms with Crippen molar-refractivity contribution < 1.29 is 14.3 Å². The monoisotopic (exact) mass is 319 g/mol. The maximum atomic E-state index is 12.0. The zero-order valence-electron chi connectivity index (χ0n) is 11.2. The van der Waals surface area contributed by atoms with Crippen LogP contribution in [0, 0.1) is 0 Å². The highest BCUT2D eigenvalue weighted by atomic mass is 79.9. The van der Waals surface area contributed by atoms with Gasteiger partial charge in [-0.2, -0.15) is 0 Å². The largest absolute Gasteiger partial charge is 0.446 e. The Balaban J connectivity index is 2.58. The van der Waals surface area contributed by atoms with Gasteiger partial charge in [0.2, 0.25) is 0 Å². The zero-order valence-corrected chi connectivity index (χ0v) is 12.7. The summed E-state index contributed by atoms with van der Waals surface area (Å²) in [6.45, 7) is 4.58. The molecule has 1 saturated heterocycles. The third-order valence-electron chi connectivity index (χ3n) is 3.35. The van der Waals surface area contributed by atoms with Gasteiger partial charge in [0.1, 0.15) is 11.9 Å². The Bertz CT molecular complexity index is 296. The molecule has 1 heterocycles. The molecular weight excluding hydrogens is 298 g/mol. The molecule has 1 aliphatic heterocycles. The summed E-state index contributed by atoms with van der Waals surface area (Å²) < 4.78 is 5.35. The molecule has 1 unspecified atom stereocenters. The lowest BCUT2D eigenvalue weighted by Crippen LogP contribution is -2.45. The molecule has 5 heteroatoms. The van der Waals surface area contributed by atoms with Crippen molar-refractivity contribution in [2.24, 2.45) is 0 Å². The van der Waals surface area contributed by atoms with Crippen molar-refractivity contribution in [2.75, 3.05) is 11.9 Å². The maximum absolute atomic E-state index is 12.0. The molecule has 0 aromatic carbocycles. The molecule has 4 nitrogen and oxygen atoms in total. The highest BCUT2D eigenvalue weighted by molar-refractivity contribution is 9.09. The summed E-state index contributed by atoms with van der Waals surface area (Å²) in [5, 5.41) is 0.359. The summed E-state index contributed by atoms with van der Waals surface area (Å²) in [4.78, 5) is 25.3. The first kappa shape index (κ1) is 15.5.